The van der Waals surface area contributed by atoms with Crippen molar-refractivity contribution in [3.63, 3.8) is 0 Å². The molecule has 230 valence electrons. The topological polar surface area (TPSA) is 36.1 Å². The van der Waals surface area contributed by atoms with Crippen molar-refractivity contribution in [3.05, 3.63) is 146 Å². The lowest BCUT2D eigenvalue weighted by atomic mass is 9.85. The first-order valence-electron chi connectivity index (χ1n) is 16.1. The fraction of sp³-hybridized carbons (Fsp3) is 0.200. The Bertz CT molecular complexity index is 1870. The van der Waals surface area contributed by atoms with Gasteiger partial charge in [0.25, 0.3) is 12.7 Å². The monoisotopic (exact) mass is 608 g/mol. The first kappa shape index (κ1) is 29.4. The van der Waals surface area contributed by atoms with Crippen molar-refractivity contribution in [2.75, 3.05) is 13.2 Å². The van der Waals surface area contributed by atoms with Gasteiger partial charge in [-0.1, -0.05) is 107 Å². The van der Waals surface area contributed by atoms with Gasteiger partial charge in [0.1, 0.15) is 25.6 Å². The normalized spacial score (nSPS) is 11.3. The highest BCUT2D eigenvalue weighted by atomic mass is 16.7. The summed E-state index contributed by atoms with van der Waals surface area (Å²) in [5, 5.41) is 5.10. The highest BCUT2D eigenvalue weighted by molar-refractivity contribution is 6.21. The Morgan fingerprint density at radius 3 is 1.20 bits per heavy atom. The van der Waals surface area contributed by atoms with E-state index in [9.17, 15) is 0 Å². The lowest BCUT2D eigenvalue weighted by Crippen LogP contribution is -2.25. The lowest BCUT2D eigenvalue weighted by molar-refractivity contribution is -0.672. The van der Waals surface area contributed by atoms with Crippen molar-refractivity contribution in [1.82, 2.24) is 9.46 Å². The number of benzene rings is 5. The summed E-state index contributed by atoms with van der Waals surface area (Å²) in [6.07, 6.45) is 15.5. The van der Waals surface area contributed by atoms with Crippen LogP contribution < -0.4 is 18.8 Å². The van der Waals surface area contributed by atoms with Crippen LogP contribution in [0.15, 0.2) is 135 Å². The zero-order chi connectivity index (χ0) is 31.3. The van der Waals surface area contributed by atoms with E-state index in [2.05, 4.69) is 97.1 Å². The maximum atomic E-state index is 5.82. The molecule has 2 heterocycles. The molecule has 0 fully saturated rings. The summed E-state index contributed by atoms with van der Waals surface area (Å²) in [5.74, 6) is 0. The fourth-order valence-corrected chi connectivity index (χ4v) is 6.33. The van der Waals surface area contributed by atoms with Gasteiger partial charge >= 0.3 is 0 Å². The summed E-state index contributed by atoms with van der Waals surface area (Å²) in [6, 6.07) is 35.9. The first-order valence-corrected chi connectivity index (χ1v) is 16.1. The standard InChI is InChI=1S/C40H40N4O2/c1-41-23-25-43(29-41)45-27-7-9-31-15-19-33(20-16-31)39-35-11-3-5-13-37(35)40(38-14-6-4-12-36(38)39)34-21-17-32(18-22-34)10-8-28-46-44-26-24-42(2)30-44/h3-6,11-26,29-30H,7-10,27-28H2,1-2H3/q+2. The zero-order valence-electron chi connectivity index (χ0n) is 26.5. The highest BCUT2D eigenvalue weighted by Crippen LogP contribution is 2.43. The fourth-order valence-electron chi connectivity index (χ4n) is 6.33. The van der Waals surface area contributed by atoms with Crippen LogP contribution in [0.1, 0.15) is 24.0 Å². The summed E-state index contributed by atoms with van der Waals surface area (Å²) >= 11 is 0. The Morgan fingerprint density at radius 2 is 0.870 bits per heavy atom. The second kappa shape index (κ2) is 13.3. The SMILES string of the molecule is C[n+]1ccn(OCCCc2ccc(-c3c4ccccc4c(-c4ccc(CCCOn5cc[n+](C)c5)cc4)c4ccccc34)cc2)c1. The summed E-state index contributed by atoms with van der Waals surface area (Å²) in [4.78, 5) is 11.6. The van der Waals surface area contributed by atoms with Crippen LogP contribution in [-0.4, -0.2) is 22.7 Å². The summed E-state index contributed by atoms with van der Waals surface area (Å²) in [5.41, 5.74) is 7.70. The Hall–Kier alpha value is -5.36. The van der Waals surface area contributed by atoms with Gasteiger partial charge in [-0.05, 0) is 80.6 Å². The van der Waals surface area contributed by atoms with Gasteiger partial charge in [-0.2, -0.15) is 0 Å². The molecule has 0 aliphatic heterocycles. The van der Waals surface area contributed by atoms with Crippen LogP contribution in [0.3, 0.4) is 0 Å². The molecule has 6 heteroatoms. The Labute approximate surface area is 270 Å². The summed E-state index contributed by atoms with van der Waals surface area (Å²) < 4.78 is 7.47. The highest BCUT2D eigenvalue weighted by Gasteiger charge is 2.16. The lowest BCUT2D eigenvalue weighted by Gasteiger charge is -2.18. The van der Waals surface area contributed by atoms with E-state index in [1.54, 1.807) is 9.46 Å². The van der Waals surface area contributed by atoms with Crippen molar-refractivity contribution >= 4 is 21.5 Å². The average Bonchev–Trinajstić information content (AvgIpc) is 3.71. The van der Waals surface area contributed by atoms with Gasteiger partial charge in [0.15, 0.2) is 12.4 Å². The van der Waals surface area contributed by atoms with Crippen LogP contribution in [0.5, 0.6) is 0 Å². The molecule has 7 rings (SSSR count). The van der Waals surface area contributed by atoms with E-state index in [1.165, 1.54) is 54.9 Å². The Morgan fingerprint density at radius 1 is 0.500 bits per heavy atom. The molecule has 7 aromatic rings. The molecule has 0 N–H and O–H groups in total. The van der Waals surface area contributed by atoms with E-state index in [-0.39, 0.29) is 0 Å². The second-order valence-electron chi connectivity index (χ2n) is 12.0. The van der Waals surface area contributed by atoms with Gasteiger partial charge in [-0.15, -0.1) is 0 Å². The van der Waals surface area contributed by atoms with Gasteiger partial charge in [-0.25, -0.2) is 9.13 Å². The molecular weight excluding hydrogens is 568 g/mol. The first-order chi connectivity index (χ1) is 22.6. The van der Waals surface area contributed by atoms with Crippen LogP contribution in [-0.2, 0) is 26.9 Å². The molecule has 0 saturated heterocycles. The second-order valence-corrected chi connectivity index (χ2v) is 12.0. The van der Waals surface area contributed by atoms with Crippen molar-refractivity contribution < 1.29 is 18.8 Å². The van der Waals surface area contributed by atoms with Crippen molar-refractivity contribution in [1.29, 1.82) is 0 Å². The van der Waals surface area contributed by atoms with Crippen molar-refractivity contribution in [2.45, 2.75) is 25.7 Å². The van der Waals surface area contributed by atoms with Gasteiger partial charge in [0.05, 0.1) is 14.1 Å². The quantitative estimate of drug-likeness (QED) is 0.0879. The van der Waals surface area contributed by atoms with E-state index in [0.717, 1.165) is 25.7 Å². The number of aryl methyl sites for hydroxylation is 4. The van der Waals surface area contributed by atoms with E-state index >= 15 is 0 Å². The van der Waals surface area contributed by atoms with Crippen LogP contribution in [0.25, 0.3) is 43.8 Å². The third-order valence-corrected chi connectivity index (χ3v) is 8.61. The predicted octanol–water partition coefficient (Wildman–Crippen LogP) is 6.70. The van der Waals surface area contributed by atoms with Gasteiger partial charge < -0.3 is 9.68 Å². The number of hydrogen-bond donors (Lipinski definition) is 0. The molecule has 0 amide bonds. The zero-order valence-corrected chi connectivity index (χ0v) is 26.5. The van der Waals surface area contributed by atoms with E-state index in [1.807, 2.05) is 60.7 Å². The summed E-state index contributed by atoms with van der Waals surface area (Å²) in [7, 11) is 3.98. The number of nitrogens with zero attached hydrogens (tertiary/aromatic N) is 4. The van der Waals surface area contributed by atoms with Crippen LogP contribution in [0.4, 0.5) is 0 Å². The molecule has 0 atom stereocenters. The number of fused-ring (bicyclic) bond motifs is 2. The largest absolute Gasteiger partial charge is 0.336 e. The maximum absolute atomic E-state index is 5.82. The Balaban J connectivity index is 1.12. The molecular formula is C40H40N4O2+2. The molecule has 6 nitrogen and oxygen atoms in total. The average molecular weight is 609 g/mol. The van der Waals surface area contributed by atoms with Gasteiger partial charge in [0.2, 0.25) is 0 Å². The maximum Gasteiger partial charge on any atom is 0.284 e. The van der Waals surface area contributed by atoms with E-state index in [0.29, 0.717) is 13.2 Å². The van der Waals surface area contributed by atoms with Crippen molar-refractivity contribution in [3.8, 4) is 22.3 Å². The van der Waals surface area contributed by atoms with Crippen molar-refractivity contribution in [2.24, 2.45) is 14.1 Å². The Kier molecular flexibility index (Phi) is 8.51. The molecule has 0 bridgehead atoms. The van der Waals surface area contributed by atoms with E-state index in [4.69, 9.17) is 9.68 Å². The van der Waals surface area contributed by atoms with Crippen LogP contribution in [0.2, 0.25) is 0 Å². The molecule has 0 aliphatic rings. The molecule has 5 aromatic carbocycles. The number of imidazole rings is 2. The molecule has 0 spiro atoms. The smallest absolute Gasteiger partial charge is 0.284 e. The van der Waals surface area contributed by atoms with Crippen LogP contribution >= 0.6 is 0 Å². The molecule has 2 aromatic heterocycles. The minimum Gasteiger partial charge on any atom is -0.336 e. The minimum absolute atomic E-state index is 0.677. The third kappa shape index (κ3) is 6.38. The molecule has 0 saturated carbocycles. The third-order valence-electron chi connectivity index (χ3n) is 8.61. The van der Waals surface area contributed by atoms with Gasteiger partial charge in [0, 0.05) is 0 Å². The number of aromatic nitrogens is 4. The molecule has 0 radical (unpaired) electrons. The summed E-state index contributed by atoms with van der Waals surface area (Å²) in [6.45, 7) is 1.35. The van der Waals surface area contributed by atoms with Crippen LogP contribution in [0, 0.1) is 0 Å². The molecule has 46 heavy (non-hydrogen) atoms. The predicted molar refractivity (Wildman–Crippen MR) is 183 cm³/mol. The van der Waals surface area contributed by atoms with Gasteiger partial charge in [-0.3, -0.25) is 0 Å². The number of hydrogen-bond acceptors (Lipinski definition) is 2. The van der Waals surface area contributed by atoms with E-state index < -0.39 is 0 Å². The molecule has 0 unspecified atom stereocenters. The number of rotatable bonds is 12. The molecule has 0 aliphatic carbocycles. The minimum atomic E-state index is 0.677.